The lowest BCUT2D eigenvalue weighted by Gasteiger charge is -2.42. The maximum absolute atomic E-state index is 12.6. The van der Waals surface area contributed by atoms with Crippen molar-refractivity contribution < 1.29 is 28.7 Å². The van der Waals surface area contributed by atoms with Crippen LogP contribution < -0.4 is 0 Å². The normalized spacial score (nSPS) is 24.2. The molecule has 2 aliphatic rings. The van der Waals surface area contributed by atoms with Crippen molar-refractivity contribution in [3.8, 4) is 0 Å². The number of carbonyl (C=O) groups excluding carboxylic acids is 4. The number of imide groups is 2. The average molecular weight is 354 g/mol. The molecular formula is C17H26N2O6. The number of nitrogens with zero attached hydrogens (tertiary/aromatic N) is 2. The molecule has 2 atom stereocenters. The zero-order valence-corrected chi connectivity index (χ0v) is 15.6. The minimum atomic E-state index is -0.759. The standard InChI is InChI=1S/C17H26N2O6/c1-16(2,3)24-14(22)18-8-10-7-11(12(18)20)9-19(13(10)21)15(23)25-17(4,5)6/h10-11H,7-9H2,1-6H3/t10-,11?/m1/s1. The smallest absolute Gasteiger partial charge is 0.417 e. The summed E-state index contributed by atoms with van der Waals surface area (Å²) in [6.45, 7) is 10.1. The maximum atomic E-state index is 12.6. The molecule has 140 valence electrons. The quantitative estimate of drug-likeness (QED) is 0.662. The van der Waals surface area contributed by atoms with Gasteiger partial charge in [0.15, 0.2) is 0 Å². The van der Waals surface area contributed by atoms with Gasteiger partial charge in [0, 0.05) is 13.1 Å². The molecule has 8 heteroatoms. The first kappa shape index (κ1) is 19.2. The minimum Gasteiger partial charge on any atom is -0.443 e. The van der Waals surface area contributed by atoms with Crippen molar-refractivity contribution in [3.05, 3.63) is 0 Å². The van der Waals surface area contributed by atoms with Crippen LogP contribution in [0.3, 0.4) is 0 Å². The number of ether oxygens (including phenoxy) is 2. The topological polar surface area (TPSA) is 93.2 Å². The van der Waals surface area contributed by atoms with Gasteiger partial charge in [0.25, 0.3) is 0 Å². The highest BCUT2D eigenvalue weighted by molar-refractivity contribution is 6.00. The van der Waals surface area contributed by atoms with Gasteiger partial charge in [0.05, 0.1) is 11.8 Å². The number of piperidine rings is 2. The third-order valence-corrected chi connectivity index (χ3v) is 3.83. The molecule has 0 aromatic heterocycles. The molecule has 2 fully saturated rings. The van der Waals surface area contributed by atoms with Crippen molar-refractivity contribution >= 4 is 24.0 Å². The fraction of sp³-hybridized carbons (Fsp3) is 0.765. The molecule has 2 heterocycles. The van der Waals surface area contributed by atoms with Gasteiger partial charge in [-0.2, -0.15) is 0 Å². The third-order valence-electron chi connectivity index (χ3n) is 3.83. The van der Waals surface area contributed by atoms with E-state index in [1.807, 2.05) is 0 Å². The molecule has 0 aromatic carbocycles. The fourth-order valence-corrected chi connectivity index (χ4v) is 2.87. The van der Waals surface area contributed by atoms with E-state index in [1.165, 1.54) is 0 Å². The molecule has 1 unspecified atom stereocenters. The summed E-state index contributed by atoms with van der Waals surface area (Å²) >= 11 is 0. The molecule has 0 N–H and O–H groups in total. The Bertz CT molecular complexity index is 549. The zero-order chi connectivity index (χ0) is 19.2. The first-order chi connectivity index (χ1) is 11.3. The van der Waals surface area contributed by atoms with Gasteiger partial charge in [-0.3, -0.25) is 9.59 Å². The Labute approximate surface area is 147 Å². The molecule has 2 bridgehead atoms. The predicted molar refractivity (Wildman–Crippen MR) is 87.5 cm³/mol. The number of rotatable bonds is 0. The second kappa shape index (κ2) is 6.31. The molecule has 2 rings (SSSR count). The Kier molecular flexibility index (Phi) is 4.85. The van der Waals surface area contributed by atoms with Crippen LogP contribution in [0.1, 0.15) is 48.0 Å². The number of hydrogen-bond donors (Lipinski definition) is 0. The highest BCUT2D eigenvalue weighted by Crippen LogP contribution is 2.32. The largest absolute Gasteiger partial charge is 0.443 e. The lowest BCUT2D eigenvalue weighted by Crippen LogP contribution is -2.61. The Morgan fingerprint density at radius 1 is 0.800 bits per heavy atom. The van der Waals surface area contributed by atoms with Crippen LogP contribution in [0.15, 0.2) is 0 Å². The van der Waals surface area contributed by atoms with E-state index >= 15 is 0 Å². The van der Waals surface area contributed by atoms with E-state index in [1.54, 1.807) is 41.5 Å². The summed E-state index contributed by atoms with van der Waals surface area (Å²) in [7, 11) is 0. The summed E-state index contributed by atoms with van der Waals surface area (Å²) in [6, 6.07) is 0. The predicted octanol–water partition coefficient (Wildman–Crippen LogP) is 2.16. The Hall–Kier alpha value is -2.12. The van der Waals surface area contributed by atoms with Crippen molar-refractivity contribution in [1.29, 1.82) is 0 Å². The van der Waals surface area contributed by atoms with Crippen LogP contribution in [-0.2, 0) is 19.1 Å². The molecule has 0 spiro atoms. The molecule has 4 amide bonds. The van der Waals surface area contributed by atoms with Gasteiger partial charge < -0.3 is 9.47 Å². The van der Waals surface area contributed by atoms with Crippen molar-refractivity contribution in [2.75, 3.05) is 13.1 Å². The Balaban J connectivity index is 2.14. The average Bonchev–Trinajstić information content (AvgIpc) is 2.41. The van der Waals surface area contributed by atoms with Gasteiger partial charge in [0.2, 0.25) is 11.8 Å². The van der Waals surface area contributed by atoms with Crippen molar-refractivity contribution in [3.63, 3.8) is 0 Å². The van der Waals surface area contributed by atoms with Crippen LogP contribution in [0.4, 0.5) is 9.59 Å². The van der Waals surface area contributed by atoms with Crippen molar-refractivity contribution in [1.82, 2.24) is 9.80 Å². The summed E-state index contributed by atoms with van der Waals surface area (Å²) in [6.07, 6.45) is -1.19. The molecule has 25 heavy (non-hydrogen) atoms. The molecule has 0 radical (unpaired) electrons. The van der Waals surface area contributed by atoms with E-state index in [0.29, 0.717) is 6.42 Å². The van der Waals surface area contributed by atoms with Gasteiger partial charge in [-0.15, -0.1) is 0 Å². The highest BCUT2D eigenvalue weighted by Gasteiger charge is 2.49. The number of likely N-dealkylation sites (tertiary alicyclic amines) is 2. The summed E-state index contributed by atoms with van der Waals surface area (Å²) in [5, 5.41) is 0. The zero-order valence-electron chi connectivity index (χ0n) is 15.6. The lowest BCUT2D eigenvalue weighted by molar-refractivity contribution is -0.153. The third kappa shape index (κ3) is 4.49. The second-order valence-electron chi connectivity index (χ2n) is 8.49. The molecular weight excluding hydrogens is 328 g/mol. The van der Waals surface area contributed by atoms with E-state index in [4.69, 9.17) is 9.47 Å². The van der Waals surface area contributed by atoms with Crippen LogP contribution in [-0.4, -0.2) is 58.1 Å². The highest BCUT2D eigenvalue weighted by atomic mass is 16.6. The Morgan fingerprint density at radius 2 is 1.12 bits per heavy atom. The van der Waals surface area contributed by atoms with Crippen LogP contribution in [0.5, 0.6) is 0 Å². The summed E-state index contributed by atoms with van der Waals surface area (Å²) in [5.74, 6) is -2.08. The number of amides is 4. The lowest BCUT2D eigenvalue weighted by atomic mass is 9.83. The summed E-state index contributed by atoms with van der Waals surface area (Å²) in [5.41, 5.74) is -1.48. The molecule has 2 saturated heterocycles. The van der Waals surface area contributed by atoms with Crippen LogP contribution >= 0.6 is 0 Å². The van der Waals surface area contributed by atoms with Gasteiger partial charge in [-0.25, -0.2) is 19.4 Å². The van der Waals surface area contributed by atoms with Crippen molar-refractivity contribution in [2.24, 2.45) is 11.8 Å². The monoisotopic (exact) mass is 354 g/mol. The van der Waals surface area contributed by atoms with Crippen LogP contribution in [0.25, 0.3) is 0 Å². The van der Waals surface area contributed by atoms with E-state index in [-0.39, 0.29) is 13.1 Å². The van der Waals surface area contributed by atoms with E-state index in [0.717, 1.165) is 9.80 Å². The first-order valence-electron chi connectivity index (χ1n) is 8.37. The number of fused-ring (bicyclic) bond motifs is 2. The van der Waals surface area contributed by atoms with Gasteiger partial charge >= 0.3 is 12.2 Å². The van der Waals surface area contributed by atoms with Crippen LogP contribution in [0, 0.1) is 11.8 Å². The van der Waals surface area contributed by atoms with Crippen LogP contribution in [0.2, 0.25) is 0 Å². The van der Waals surface area contributed by atoms with E-state index in [9.17, 15) is 19.2 Å². The SMILES string of the molecule is CC(C)(C)OC(=O)N1C[C@H]2CC(CN(C(=O)OC(C)(C)C)C2=O)C1=O. The number of carbonyl (C=O) groups is 4. The summed E-state index contributed by atoms with van der Waals surface area (Å²) in [4.78, 5) is 51.5. The minimum absolute atomic E-state index is 0.0810. The second-order valence-corrected chi connectivity index (χ2v) is 8.49. The number of hydrogen-bond acceptors (Lipinski definition) is 6. The maximum Gasteiger partial charge on any atom is 0.417 e. The fourth-order valence-electron chi connectivity index (χ4n) is 2.87. The Morgan fingerprint density at radius 3 is 1.40 bits per heavy atom. The summed E-state index contributed by atoms with van der Waals surface area (Å²) < 4.78 is 10.5. The van der Waals surface area contributed by atoms with Gasteiger partial charge in [-0.1, -0.05) is 0 Å². The molecule has 0 aliphatic carbocycles. The van der Waals surface area contributed by atoms with E-state index < -0.39 is 47.0 Å². The van der Waals surface area contributed by atoms with Gasteiger partial charge in [-0.05, 0) is 48.0 Å². The molecule has 2 aliphatic heterocycles. The van der Waals surface area contributed by atoms with Crippen molar-refractivity contribution in [2.45, 2.75) is 59.2 Å². The molecule has 8 nitrogen and oxygen atoms in total. The van der Waals surface area contributed by atoms with E-state index in [2.05, 4.69) is 0 Å². The first-order valence-corrected chi connectivity index (χ1v) is 8.37. The molecule has 0 aromatic rings. The molecule has 0 saturated carbocycles. The van der Waals surface area contributed by atoms with Gasteiger partial charge in [0.1, 0.15) is 11.2 Å².